The minimum absolute atomic E-state index is 0.193. The Labute approximate surface area is 152 Å². The van der Waals surface area contributed by atoms with Gasteiger partial charge in [0.15, 0.2) is 0 Å². The summed E-state index contributed by atoms with van der Waals surface area (Å²) < 4.78 is 22.0. The van der Waals surface area contributed by atoms with Gasteiger partial charge in [0.05, 0.1) is 26.4 Å². The number of hydrogen-bond acceptors (Lipinski definition) is 5. The van der Waals surface area contributed by atoms with Gasteiger partial charge in [-0.15, -0.1) is 0 Å². The van der Waals surface area contributed by atoms with Crippen molar-refractivity contribution in [3.63, 3.8) is 0 Å². The highest BCUT2D eigenvalue weighted by Gasteiger charge is 2.17. The summed E-state index contributed by atoms with van der Waals surface area (Å²) in [7, 11) is 1.63. The van der Waals surface area contributed by atoms with Crippen molar-refractivity contribution >= 4 is 16.9 Å². The number of ether oxygens (including phenoxy) is 3. The zero-order valence-electron chi connectivity index (χ0n) is 15.4. The van der Waals surface area contributed by atoms with Crippen molar-refractivity contribution in [3.05, 3.63) is 53.3 Å². The Bertz CT molecular complexity index is 922. The van der Waals surface area contributed by atoms with Gasteiger partial charge < -0.3 is 18.6 Å². The van der Waals surface area contributed by atoms with Gasteiger partial charge in [-0.1, -0.05) is 0 Å². The van der Waals surface area contributed by atoms with Gasteiger partial charge in [-0.05, 0) is 56.7 Å². The molecule has 0 spiro atoms. The Morgan fingerprint density at radius 1 is 1.12 bits per heavy atom. The Morgan fingerprint density at radius 3 is 2.46 bits per heavy atom. The van der Waals surface area contributed by atoms with Gasteiger partial charge in [0.1, 0.15) is 22.8 Å². The van der Waals surface area contributed by atoms with E-state index in [1.807, 2.05) is 44.2 Å². The zero-order valence-corrected chi connectivity index (χ0v) is 15.4. The molecular weight excluding hydrogens is 332 g/mol. The summed E-state index contributed by atoms with van der Waals surface area (Å²) in [6.07, 6.45) is 1.81. The van der Waals surface area contributed by atoms with Crippen LogP contribution in [0.4, 0.5) is 0 Å². The number of carbonyl (C=O) groups is 1. The van der Waals surface area contributed by atoms with E-state index < -0.39 is 0 Å². The second kappa shape index (κ2) is 7.52. The molecule has 2 aromatic carbocycles. The molecule has 0 fully saturated rings. The molecule has 5 nitrogen and oxygen atoms in total. The van der Waals surface area contributed by atoms with Crippen molar-refractivity contribution in [2.75, 3.05) is 13.7 Å². The van der Waals surface area contributed by atoms with Crippen LogP contribution in [-0.4, -0.2) is 19.7 Å². The molecule has 0 amide bonds. The molecule has 0 aliphatic rings. The standard InChI is InChI=1S/C21H22O5/c1-5-24-19(22)11-15-12-25-21-14(3)20(13(2)10-18(15)21)26-17-8-6-16(23-4)7-9-17/h6-10,12H,5,11H2,1-4H3. The van der Waals surface area contributed by atoms with E-state index in [-0.39, 0.29) is 12.4 Å². The lowest BCUT2D eigenvalue weighted by Gasteiger charge is -2.13. The summed E-state index contributed by atoms with van der Waals surface area (Å²) in [6, 6.07) is 9.40. The molecule has 5 heteroatoms. The summed E-state index contributed by atoms with van der Waals surface area (Å²) in [4.78, 5) is 11.8. The maximum atomic E-state index is 11.8. The van der Waals surface area contributed by atoms with Crippen molar-refractivity contribution in [1.82, 2.24) is 0 Å². The number of furan rings is 1. The molecule has 26 heavy (non-hydrogen) atoms. The lowest BCUT2D eigenvalue weighted by molar-refractivity contribution is -0.142. The molecule has 0 bridgehead atoms. The zero-order chi connectivity index (χ0) is 18.7. The van der Waals surface area contributed by atoms with Crippen molar-refractivity contribution in [1.29, 1.82) is 0 Å². The van der Waals surface area contributed by atoms with Crippen LogP contribution < -0.4 is 9.47 Å². The number of hydrogen-bond donors (Lipinski definition) is 0. The van der Waals surface area contributed by atoms with Crippen LogP contribution in [0.3, 0.4) is 0 Å². The largest absolute Gasteiger partial charge is 0.497 e. The lowest BCUT2D eigenvalue weighted by atomic mass is 10.0. The first-order valence-corrected chi connectivity index (χ1v) is 8.51. The second-order valence-electron chi connectivity index (χ2n) is 6.04. The molecule has 0 saturated heterocycles. The third kappa shape index (κ3) is 3.52. The number of esters is 1. The first-order valence-electron chi connectivity index (χ1n) is 8.51. The average Bonchev–Trinajstić information content (AvgIpc) is 3.02. The molecule has 0 aliphatic carbocycles. The Hall–Kier alpha value is -2.95. The Kier molecular flexibility index (Phi) is 5.16. The fraction of sp³-hybridized carbons (Fsp3) is 0.286. The van der Waals surface area contributed by atoms with Gasteiger partial charge in [0.2, 0.25) is 0 Å². The topological polar surface area (TPSA) is 57.9 Å². The maximum Gasteiger partial charge on any atom is 0.310 e. The van der Waals surface area contributed by atoms with Crippen LogP contribution in [0.25, 0.3) is 11.0 Å². The van der Waals surface area contributed by atoms with E-state index in [9.17, 15) is 4.79 Å². The van der Waals surface area contributed by atoms with E-state index in [0.717, 1.165) is 44.9 Å². The summed E-state index contributed by atoms with van der Waals surface area (Å²) in [5, 5.41) is 0.912. The van der Waals surface area contributed by atoms with Crippen LogP contribution in [0.2, 0.25) is 0 Å². The predicted molar refractivity (Wildman–Crippen MR) is 99.1 cm³/mol. The van der Waals surface area contributed by atoms with Crippen LogP contribution in [-0.2, 0) is 16.0 Å². The number of fused-ring (bicyclic) bond motifs is 1. The number of methoxy groups -OCH3 is 1. The number of rotatable bonds is 6. The van der Waals surface area contributed by atoms with Gasteiger partial charge in [0, 0.05) is 16.5 Å². The highest BCUT2D eigenvalue weighted by molar-refractivity contribution is 5.90. The van der Waals surface area contributed by atoms with E-state index in [1.54, 1.807) is 20.3 Å². The van der Waals surface area contributed by atoms with Crippen molar-refractivity contribution in [2.24, 2.45) is 0 Å². The molecule has 0 N–H and O–H groups in total. The highest BCUT2D eigenvalue weighted by atomic mass is 16.5. The maximum absolute atomic E-state index is 11.8. The van der Waals surface area contributed by atoms with Gasteiger partial charge >= 0.3 is 5.97 Å². The highest BCUT2D eigenvalue weighted by Crippen LogP contribution is 2.37. The van der Waals surface area contributed by atoms with Gasteiger partial charge in [0.25, 0.3) is 0 Å². The summed E-state index contributed by atoms with van der Waals surface area (Å²) in [5.74, 6) is 1.98. The number of carbonyl (C=O) groups excluding carboxylic acids is 1. The van der Waals surface area contributed by atoms with E-state index in [1.165, 1.54) is 0 Å². The fourth-order valence-electron chi connectivity index (χ4n) is 2.96. The smallest absolute Gasteiger partial charge is 0.310 e. The lowest BCUT2D eigenvalue weighted by Crippen LogP contribution is -2.07. The van der Waals surface area contributed by atoms with Crippen LogP contribution in [0.5, 0.6) is 17.2 Å². The molecule has 0 aliphatic heterocycles. The van der Waals surface area contributed by atoms with E-state index >= 15 is 0 Å². The minimum atomic E-state index is -0.260. The molecule has 3 rings (SSSR count). The number of aryl methyl sites for hydroxylation is 2. The molecule has 3 aromatic rings. The molecular formula is C21H22O5. The molecule has 1 aromatic heterocycles. The average molecular weight is 354 g/mol. The van der Waals surface area contributed by atoms with E-state index in [4.69, 9.17) is 18.6 Å². The minimum Gasteiger partial charge on any atom is -0.497 e. The summed E-state index contributed by atoms with van der Waals surface area (Å²) in [6.45, 7) is 6.09. The van der Waals surface area contributed by atoms with Crippen molar-refractivity contribution < 1.29 is 23.4 Å². The molecule has 0 atom stereocenters. The molecule has 0 radical (unpaired) electrons. The number of benzene rings is 2. The van der Waals surface area contributed by atoms with Gasteiger partial charge in [-0.2, -0.15) is 0 Å². The Balaban J connectivity index is 1.93. The van der Waals surface area contributed by atoms with Crippen LogP contribution in [0.15, 0.2) is 41.0 Å². The quantitative estimate of drug-likeness (QED) is 0.586. The van der Waals surface area contributed by atoms with E-state index in [2.05, 4.69) is 0 Å². The normalized spacial score (nSPS) is 10.8. The van der Waals surface area contributed by atoms with E-state index in [0.29, 0.717) is 6.61 Å². The van der Waals surface area contributed by atoms with Gasteiger partial charge in [-0.25, -0.2) is 0 Å². The fourth-order valence-corrected chi connectivity index (χ4v) is 2.96. The predicted octanol–water partition coefficient (Wildman–Crippen LogP) is 4.96. The molecule has 0 unspecified atom stereocenters. The third-order valence-electron chi connectivity index (χ3n) is 4.23. The molecule has 136 valence electrons. The van der Waals surface area contributed by atoms with Crippen molar-refractivity contribution in [2.45, 2.75) is 27.2 Å². The first-order chi connectivity index (χ1) is 12.5. The van der Waals surface area contributed by atoms with Crippen molar-refractivity contribution in [3.8, 4) is 17.2 Å². The van der Waals surface area contributed by atoms with Gasteiger partial charge in [-0.3, -0.25) is 4.79 Å². The monoisotopic (exact) mass is 354 g/mol. The second-order valence-corrected chi connectivity index (χ2v) is 6.04. The molecule has 1 heterocycles. The Morgan fingerprint density at radius 2 is 1.81 bits per heavy atom. The third-order valence-corrected chi connectivity index (χ3v) is 4.23. The molecule has 0 saturated carbocycles. The summed E-state index contributed by atoms with van der Waals surface area (Å²) >= 11 is 0. The SMILES string of the molecule is CCOC(=O)Cc1coc2c(C)c(Oc3ccc(OC)cc3)c(C)cc12. The summed E-state index contributed by atoms with van der Waals surface area (Å²) in [5.41, 5.74) is 3.40. The first kappa shape index (κ1) is 17.9. The van der Waals surface area contributed by atoms with Crippen LogP contribution in [0.1, 0.15) is 23.6 Å². The van der Waals surface area contributed by atoms with Crippen LogP contribution >= 0.6 is 0 Å². The van der Waals surface area contributed by atoms with Crippen LogP contribution in [0, 0.1) is 13.8 Å².